The number of hydrogen-bond donors (Lipinski definition) is 1. The molecule has 80 valence electrons. The number of nitrogens with one attached hydrogen (secondary N) is 1. The lowest BCUT2D eigenvalue weighted by Crippen LogP contribution is -2.38. The van der Waals surface area contributed by atoms with E-state index in [-0.39, 0.29) is 5.60 Å². The molecule has 1 saturated heterocycles. The molecule has 3 atom stereocenters. The molecule has 2 saturated carbocycles. The van der Waals surface area contributed by atoms with Gasteiger partial charge in [0, 0.05) is 12.1 Å². The third-order valence-corrected chi connectivity index (χ3v) is 4.13. The standard InChI is InChI=1S/C12H21NO/c1-12(2)6-11(7-14-12)13-10-4-8-3-9(8)5-10/h8-11,13H,3-7H2,1-2H3. The van der Waals surface area contributed by atoms with Gasteiger partial charge in [-0.2, -0.15) is 0 Å². The van der Waals surface area contributed by atoms with Crippen LogP contribution in [-0.2, 0) is 4.74 Å². The highest BCUT2D eigenvalue weighted by Gasteiger charge is 2.46. The van der Waals surface area contributed by atoms with Crippen LogP contribution in [0.15, 0.2) is 0 Å². The first-order valence-electron chi connectivity index (χ1n) is 6.02. The maximum atomic E-state index is 5.74. The molecular weight excluding hydrogens is 174 g/mol. The van der Waals surface area contributed by atoms with Crippen molar-refractivity contribution in [3.8, 4) is 0 Å². The minimum Gasteiger partial charge on any atom is -0.374 e. The quantitative estimate of drug-likeness (QED) is 0.727. The number of hydrogen-bond acceptors (Lipinski definition) is 2. The van der Waals surface area contributed by atoms with Gasteiger partial charge in [-0.1, -0.05) is 0 Å². The zero-order valence-electron chi connectivity index (χ0n) is 9.25. The van der Waals surface area contributed by atoms with Crippen molar-refractivity contribution in [3.05, 3.63) is 0 Å². The Hall–Kier alpha value is -0.0800. The first-order chi connectivity index (χ1) is 6.62. The van der Waals surface area contributed by atoms with Gasteiger partial charge in [-0.25, -0.2) is 0 Å². The lowest BCUT2D eigenvalue weighted by molar-refractivity contribution is 0.0355. The normalized spacial score (nSPS) is 49.3. The van der Waals surface area contributed by atoms with Crippen LogP contribution in [0, 0.1) is 11.8 Å². The minimum absolute atomic E-state index is 0.110. The van der Waals surface area contributed by atoms with E-state index in [0.717, 1.165) is 24.5 Å². The molecule has 0 aromatic heterocycles. The topological polar surface area (TPSA) is 21.3 Å². The van der Waals surface area contributed by atoms with Crippen LogP contribution < -0.4 is 5.32 Å². The van der Waals surface area contributed by atoms with E-state index in [2.05, 4.69) is 19.2 Å². The summed E-state index contributed by atoms with van der Waals surface area (Å²) >= 11 is 0. The third kappa shape index (κ3) is 1.70. The summed E-state index contributed by atoms with van der Waals surface area (Å²) in [6.45, 7) is 5.31. The van der Waals surface area contributed by atoms with Gasteiger partial charge in [-0.15, -0.1) is 0 Å². The molecule has 2 aliphatic carbocycles. The van der Waals surface area contributed by atoms with Crippen LogP contribution in [-0.4, -0.2) is 24.3 Å². The van der Waals surface area contributed by atoms with Crippen molar-refractivity contribution in [1.29, 1.82) is 0 Å². The molecule has 0 amide bonds. The maximum Gasteiger partial charge on any atom is 0.0643 e. The molecule has 14 heavy (non-hydrogen) atoms. The summed E-state index contributed by atoms with van der Waals surface area (Å²) in [4.78, 5) is 0. The van der Waals surface area contributed by atoms with Gasteiger partial charge >= 0.3 is 0 Å². The fourth-order valence-corrected chi connectivity index (χ4v) is 3.33. The van der Waals surface area contributed by atoms with Crippen molar-refractivity contribution in [3.63, 3.8) is 0 Å². The van der Waals surface area contributed by atoms with Crippen molar-refractivity contribution < 1.29 is 4.74 Å². The second-order valence-corrected chi connectivity index (χ2v) is 6.06. The lowest BCUT2D eigenvalue weighted by Gasteiger charge is -2.20. The second kappa shape index (κ2) is 2.96. The summed E-state index contributed by atoms with van der Waals surface area (Å²) in [6.07, 6.45) is 5.56. The molecule has 0 aromatic rings. The van der Waals surface area contributed by atoms with Crippen LogP contribution in [0.1, 0.15) is 39.5 Å². The van der Waals surface area contributed by atoms with E-state index >= 15 is 0 Å². The van der Waals surface area contributed by atoms with E-state index in [0.29, 0.717) is 6.04 Å². The fourth-order valence-electron chi connectivity index (χ4n) is 3.33. The van der Waals surface area contributed by atoms with Crippen LogP contribution in [0.3, 0.4) is 0 Å². The van der Waals surface area contributed by atoms with Gasteiger partial charge in [0.25, 0.3) is 0 Å². The Morgan fingerprint density at radius 1 is 1.07 bits per heavy atom. The first-order valence-corrected chi connectivity index (χ1v) is 6.02. The molecule has 3 aliphatic rings. The van der Waals surface area contributed by atoms with Gasteiger partial charge in [0.05, 0.1) is 12.2 Å². The van der Waals surface area contributed by atoms with E-state index in [1.54, 1.807) is 0 Å². The zero-order chi connectivity index (χ0) is 9.76. The highest BCUT2D eigenvalue weighted by Crippen LogP contribution is 2.51. The van der Waals surface area contributed by atoms with Gasteiger partial charge in [-0.05, 0) is 51.4 Å². The van der Waals surface area contributed by atoms with Crippen molar-refractivity contribution in [2.45, 2.75) is 57.2 Å². The van der Waals surface area contributed by atoms with Crippen molar-refractivity contribution in [2.75, 3.05) is 6.61 Å². The molecule has 0 radical (unpaired) electrons. The summed E-state index contributed by atoms with van der Waals surface area (Å²) in [5, 5.41) is 3.77. The Morgan fingerprint density at radius 2 is 1.79 bits per heavy atom. The van der Waals surface area contributed by atoms with E-state index in [4.69, 9.17) is 4.74 Å². The lowest BCUT2D eigenvalue weighted by atomic mass is 10.0. The van der Waals surface area contributed by atoms with Crippen molar-refractivity contribution in [2.24, 2.45) is 11.8 Å². The molecule has 0 spiro atoms. The Morgan fingerprint density at radius 3 is 2.36 bits per heavy atom. The van der Waals surface area contributed by atoms with Crippen LogP contribution in [0.4, 0.5) is 0 Å². The smallest absolute Gasteiger partial charge is 0.0643 e. The van der Waals surface area contributed by atoms with Gasteiger partial charge in [0.2, 0.25) is 0 Å². The molecule has 0 bridgehead atoms. The first kappa shape index (κ1) is 9.17. The van der Waals surface area contributed by atoms with E-state index in [9.17, 15) is 0 Å². The van der Waals surface area contributed by atoms with E-state index in [1.807, 2.05) is 0 Å². The summed E-state index contributed by atoms with van der Waals surface area (Å²) in [6, 6.07) is 1.42. The third-order valence-electron chi connectivity index (χ3n) is 4.13. The Labute approximate surface area is 86.4 Å². The van der Waals surface area contributed by atoms with Gasteiger partial charge in [0.15, 0.2) is 0 Å². The number of fused-ring (bicyclic) bond motifs is 1. The molecule has 3 unspecified atom stereocenters. The van der Waals surface area contributed by atoms with Crippen molar-refractivity contribution >= 4 is 0 Å². The van der Waals surface area contributed by atoms with Gasteiger partial charge in [-0.3, -0.25) is 0 Å². The van der Waals surface area contributed by atoms with Crippen LogP contribution in [0.5, 0.6) is 0 Å². The van der Waals surface area contributed by atoms with Crippen LogP contribution >= 0.6 is 0 Å². The van der Waals surface area contributed by atoms with Gasteiger partial charge in [0.1, 0.15) is 0 Å². The predicted octanol–water partition coefficient (Wildman–Crippen LogP) is 1.94. The molecule has 1 N–H and O–H groups in total. The van der Waals surface area contributed by atoms with Crippen LogP contribution in [0.25, 0.3) is 0 Å². The Bertz CT molecular complexity index is 228. The van der Waals surface area contributed by atoms with Crippen LogP contribution in [0.2, 0.25) is 0 Å². The predicted molar refractivity (Wildman–Crippen MR) is 56.2 cm³/mol. The number of ether oxygens (including phenoxy) is 1. The molecule has 1 aliphatic heterocycles. The van der Waals surface area contributed by atoms with E-state index < -0.39 is 0 Å². The highest BCUT2D eigenvalue weighted by atomic mass is 16.5. The molecule has 2 nitrogen and oxygen atoms in total. The Kier molecular flexibility index (Phi) is 1.94. The summed E-state index contributed by atoms with van der Waals surface area (Å²) < 4.78 is 5.74. The molecule has 1 heterocycles. The fraction of sp³-hybridized carbons (Fsp3) is 1.00. The zero-order valence-corrected chi connectivity index (χ0v) is 9.25. The minimum atomic E-state index is 0.110. The summed E-state index contributed by atoms with van der Waals surface area (Å²) in [5.74, 6) is 2.17. The Balaban J connectivity index is 1.49. The molecule has 0 aromatic carbocycles. The summed E-state index contributed by atoms with van der Waals surface area (Å²) in [5.41, 5.74) is 0.110. The van der Waals surface area contributed by atoms with Crippen molar-refractivity contribution in [1.82, 2.24) is 5.32 Å². The molecule has 3 fully saturated rings. The van der Waals surface area contributed by atoms with Gasteiger partial charge < -0.3 is 10.1 Å². The SMILES string of the molecule is CC1(C)CC(NC2CC3CC3C2)CO1. The second-order valence-electron chi connectivity index (χ2n) is 6.06. The molecule has 2 heteroatoms. The average Bonchev–Trinajstić information content (AvgIpc) is 2.53. The monoisotopic (exact) mass is 195 g/mol. The van der Waals surface area contributed by atoms with E-state index in [1.165, 1.54) is 25.7 Å². The average molecular weight is 195 g/mol. The molecular formula is C12H21NO. The number of rotatable bonds is 2. The maximum absolute atomic E-state index is 5.74. The highest BCUT2D eigenvalue weighted by molar-refractivity contribution is 5.00. The largest absolute Gasteiger partial charge is 0.374 e. The summed E-state index contributed by atoms with van der Waals surface area (Å²) in [7, 11) is 0. The molecule has 3 rings (SSSR count).